The van der Waals surface area contributed by atoms with E-state index in [1.807, 2.05) is 0 Å². The molecule has 0 aromatic rings. The summed E-state index contributed by atoms with van der Waals surface area (Å²) in [6, 6.07) is 0. The van der Waals surface area contributed by atoms with Gasteiger partial charge in [-0.1, -0.05) is 20.8 Å². The predicted octanol–water partition coefficient (Wildman–Crippen LogP) is 3.93. The second kappa shape index (κ2) is 4.74. The SMILES string of the molecule is CC1(C)[C@H]2CC[C@]3(C)O[C@@](C)([C@H]4CO4)CC[C@H]3[C@]2(C)CC[C@@H]1O. The molecule has 2 saturated heterocycles. The summed E-state index contributed by atoms with van der Waals surface area (Å²) in [5, 5.41) is 10.6. The van der Waals surface area contributed by atoms with Gasteiger partial charge in [0, 0.05) is 0 Å². The minimum absolute atomic E-state index is 0.0225. The van der Waals surface area contributed by atoms with E-state index >= 15 is 0 Å². The van der Waals surface area contributed by atoms with Crippen molar-refractivity contribution < 1.29 is 14.6 Å². The van der Waals surface area contributed by atoms with Gasteiger partial charge in [0.15, 0.2) is 0 Å². The van der Waals surface area contributed by atoms with E-state index in [2.05, 4.69) is 34.6 Å². The smallest absolute Gasteiger partial charge is 0.110 e. The van der Waals surface area contributed by atoms with Crippen molar-refractivity contribution in [1.82, 2.24) is 0 Å². The zero-order valence-electron chi connectivity index (χ0n) is 15.5. The molecule has 2 aliphatic heterocycles. The number of hydrogen-bond donors (Lipinski definition) is 1. The third-order valence-electron chi connectivity index (χ3n) is 8.38. The second-order valence-corrected chi connectivity index (χ2v) is 10.1. The van der Waals surface area contributed by atoms with Crippen LogP contribution in [0.5, 0.6) is 0 Å². The van der Waals surface area contributed by atoms with E-state index in [1.165, 1.54) is 12.8 Å². The number of hydrogen-bond acceptors (Lipinski definition) is 3. The predicted molar refractivity (Wildman–Crippen MR) is 90.2 cm³/mol. The van der Waals surface area contributed by atoms with Gasteiger partial charge in [-0.2, -0.15) is 0 Å². The number of epoxide rings is 1. The molecule has 3 heteroatoms. The van der Waals surface area contributed by atoms with Gasteiger partial charge in [-0.05, 0) is 75.0 Å². The molecule has 4 rings (SSSR count). The Morgan fingerprint density at radius 1 is 0.826 bits per heavy atom. The highest BCUT2D eigenvalue weighted by molar-refractivity contribution is 5.13. The molecule has 2 saturated carbocycles. The third kappa shape index (κ3) is 2.19. The first-order valence-corrected chi connectivity index (χ1v) is 9.62. The number of ether oxygens (including phenoxy) is 2. The lowest BCUT2D eigenvalue weighted by Crippen LogP contribution is -2.65. The highest BCUT2D eigenvalue weighted by Crippen LogP contribution is 2.66. The van der Waals surface area contributed by atoms with E-state index in [1.54, 1.807) is 0 Å². The average Bonchev–Trinajstić information content (AvgIpc) is 3.27. The Morgan fingerprint density at radius 2 is 1.43 bits per heavy atom. The van der Waals surface area contributed by atoms with Gasteiger partial charge in [-0.25, -0.2) is 0 Å². The van der Waals surface area contributed by atoms with Crippen LogP contribution in [0, 0.1) is 22.7 Å². The summed E-state index contributed by atoms with van der Waals surface area (Å²) in [5.74, 6) is 1.20. The van der Waals surface area contributed by atoms with Crippen molar-refractivity contribution in [2.75, 3.05) is 6.61 Å². The van der Waals surface area contributed by atoms with Crippen LogP contribution in [0.15, 0.2) is 0 Å². The first-order chi connectivity index (χ1) is 10.6. The van der Waals surface area contributed by atoms with Crippen LogP contribution in [0.2, 0.25) is 0 Å². The van der Waals surface area contributed by atoms with Crippen molar-refractivity contribution in [1.29, 1.82) is 0 Å². The van der Waals surface area contributed by atoms with Crippen LogP contribution in [-0.4, -0.2) is 35.1 Å². The zero-order chi connectivity index (χ0) is 16.7. The van der Waals surface area contributed by atoms with Gasteiger partial charge < -0.3 is 14.6 Å². The first kappa shape index (κ1) is 16.4. The molecule has 0 amide bonds. The van der Waals surface area contributed by atoms with Gasteiger partial charge in [0.25, 0.3) is 0 Å². The van der Waals surface area contributed by atoms with E-state index < -0.39 is 0 Å². The Bertz CT molecular complexity index is 499. The maximum absolute atomic E-state index is 10.6. The second-order valence-electron chi connectivity index (χ2n) is 10.1. The van der Waals surface area contributed by atoms with E-state index in [0.717, 1.165) is 32.3 Å². The minimum atomic E-state index is -0.153. The molecule has 23 heavy (non-hydrogen) atoms. The maximum Gasteiger partial charge on any atom is 0.110 e. The Hall–Kier alpha value is -0.120. The molecule has 0 spiro atoms. The fourth-order valence-electron chi connectivity index (χ4n) is 6.90. The number of aliphatic hydroxyl groups is 1. The summed E-state index contributed by atoms with van der Waals surface area (Å²) in [4.78, 5) is 0. The minimum Gasteiger partial charge on any atom is -0.393 e. The Labute approximate surface area is 141 Å². The maximum atomic E-state index is 10.6. The van der Waals surface area contributed by atoms with Gasteiger partial charge in [-0.3, -0.25) is 0 Å². The Balaban J connectivity index is 1.65. The van der Waals surface area contributed by atoms with Crippen LogP contribution < -0.4 is 0 Å². The zero-order valence-corrected chi connectivity index (χ0v) is 15.5. The quantitative estimate of drug-likeness (QED) is 0.744. The highest BCUT2D eigenvalue weighted by Gasteiger charge is 2.64. The molecule has 2 heterocycles. The molecule has 0 unspecified atom stereocenters. The van der Waals surface area contributed by atoms with E-state index in [0.29, 0.717) is 23.4 Å². The summed E-state index contributed by atoms with van der Waals surface area (Å²) < 4.78 is 12.4. The monoisotopic (exact) mass is 322 g/mol. The third-order valence-corrected chi connectivity index (χ3v) is 8.38. The largest absolute Gasteiger partial charge is 0.393 e. The molecular weight excluding hydrogens is 288 g/mol. The lowest BCUT2D eigenvalue weighted by molar-refractivity contribution is -0.276. The van der Waals surface area contributed by atoms with Crippen molar-refractivity contribution in [3.8, 4) is 0 Å². The van der Waals surface area contributed by atoms with Crippen molar-refractivity contribution in [2.24, 2.45) is 22.7 Å². The summed E-state index contributed by atoms with van der Waals surface area (Å²) >= 11 is 0. The van der Waals surface area contributed by atoms with E-state index in [4.69, 9.17) is 9.47 Å². The van der Waals surface area contributed by atoms with E-state index in [-0.39, 0.29) is 22.7 Å². The Kier molecular flexibility index (Phi) is 3.37. The molecule has 0 aromatic carbocycles. The van der Waals surface area contributed by atoms with Crippen molar-refractivity contribution >= 4 is 0 Å². The normalized spacial score (nSPS) is 58.2. The molecule has 0 radical (unpaired) electrons. The molecule has 7 atom stereocenters. The van der Waals surface area contributed by atoms with Crippen LogP contribution >= 0.6 is 0 Å². The summed E-state index contributed by atoms with van der Waals surface area (Å²) in [5.41, 5.74) is 0.205. The van der Waals surface area contributed by atoms with Crippen molar-refractivity contribution in [2.45, 2.75) is 96.6 Å². The van der Waals surface area contributed by atoms with Crippen LogP contribution in [0.3, 0.4) is 0 Å². The molecule has 3 nitrogen and oxygen atoms in total. The molecule has 4 fully saturated rings. The molecular formula is C20H34O3. The number of aliphatic hydroxyl groups excluding tert-OH is 1. The van der Waals surface area contributed by atoms with Crippen molar-refractivity contribution in [3.63, 3.8) is 0 Å². The number of rotatable bonds is 1. The fraction of sp³-hybridized carbons (Fsp3) is 1.00. The highest BCUT2D eigenvalue weighted by atomic mass is 16.6. The standard InChI is InChI=1S/C20H34O3/c1-17(2)13-6-10-19(4)14(18(13,3)9-8-15(17)21)7-11-20(5,23-19)16-12-22-16/h13-16,21H,6-12H2,1-5H3/t13-,14+,15+,16-,18-,19+,20-/m1/s1. The fourth-order valence-corrected chi connectivity index (χ4v) is 6.90. The van der Waals surface area contributed by atoms with E-state index in [9.17, 15) is 5.11 Å². The Morgan fingerprint density at radius 3 is 2.09 bits per heavy atom. The molecule has 1 N–H and O–H groups in total. The molecule has 4 aliphatic rings. The van der Waals surface area contributed by atoms with Crippen LogP contribution in [0.4, 0.5) is 0 Å². The molecule has 0 bridgehead atoms. The molecule has 132 valence electrons. The molecule has 0 aromatic heterocycles. The first-order valence-electron chi connectivity index (χ1n) is 9.62. The van der Waals surface area contributed by atoms with Gasteiger partial charge >= 0.3 is 0 Å². The van der Waals surface area contributed by atoms with Gasteiger partial charge in [0.05, 0.1) is 23.9 Å². The number of fused-ring (bicyclic) bond motifs is 3. The summed E-state index contributed by atoms with van der Waals surface area (Å²) in [7, 11) is 0. The van der Waals surface area contributed by atoms with Crippen molar-refractivity contribution in [3.05, 3.63) is 0 Å². The van der Waals surface area contributed by atoms with Crippen LogP contribution in [0.1, 0.15) is 73.1 Å². The lowest BCUT2D eigenvalue weighted by atomic mass is 9.44. The topological polar surface area (TPSA) is 42.0 Å². The average molecular weight is 322 g/mol. The van der Waals surface area contributed by atoms with Gasteiger partial charge in [0.2, 0.25) is 0 Å². The molecule has 2 aliphatic carbocycles. The van der Waals surface area contributed by atoms with Crippen LogP contribution in [-0.2, 0) is 9.47 Å². The summed E-state index contributed by atoms with van der Waals surface area (Å²) in [6.45, 7) is 12.6. The van der Waals surface area contributed by atoms with Gasteiger partial charge in [0.1, 0.15) is 6.10 Å². The lowest BCUT2D eigenvalue weighted by Gasteiger charge is -2.66. The summed E-state index contributed by atoms with van der Waals surface area (Å²) in [6.07, 6.45) is 6.90. The van der Waals surface area contributed by atoms with Gasteiger partial charge in [-0.15, -0.1) is 0 Å². The van der Waals surface area contributed by atoms with Crippen LogP contribution in [0.25, 0.3) is 0 Å².